The van der Waals surface area contributed by atoms with Gasteiger partial charge >= 0.3 is 0 Å². The van der Waals surface area contributed by atoms with Crippen LogP contribution in [0.15, 0.2) is 71.8 Å². The first-order chi connectivity index (χ1) is 15.1. The molecule has 1 aliphatic rings. The third kappa shape index (κ3) is 3.47. The number of nitrogens with one attached hydrogen (secondary N) is 2. The van der Waals surface area contributed by atoms with Crippen molar-refractivity contribution in [3.63, 3.8) is 0 Å². The monoisotopic (exact) mass is 434 g/mol. The number of hydrogen-bond acceptors (Lipinski definition) is 5. The number of aromatic nitrogens is 2. The molecule has 158 valence electrons. The summed E-state index contributed by atoms with van der Waals surface area (Å²) in [5.74, 6) is -0.0929. The zero-order valence-corrected chi connectivity index (χ0v) is 17.6. The number of piperidine rings is 1. The number of hydrogen-bond donors (Lipinski definition) is 2. The van der Waals surface area contributed by atoms with E-state index in [1.165, 1.54) is 6.20 Å². The Kier molecular flexibility index (Phi) is 4.95. The van der Waals surface area contributed by atoms with E-state index in [0.717, 1.165) is 35.4 Å². The Morgan fingerprint density at radius 3 is 2.55 bits per heavy atom. The Balaban J connectivity index is 1.55. The fourth-order valence-electron chi connectivity index (χ4n) is 4.16. The molecular weight excluding hydrogens is 412 g/mol. The Bertz CT molecular complexity index is 1380. The van der Waals surface area contributed by atoms with Crippen LogP contribution in [-0.4, -0.2) is 36.6 Å². The predicted molar refractivity (Wildman–Crippen MR) is 120 cm³/mol. The molecule has 0 unspecified atom stereocenters. The van der Waals surface area contributed by atoms with E-state index in [9.17, 15) is 13.2 Å². The molecule has 2 heterocycles. The van der Waals surface area contributed by atoms with Crippen molar-refractivity contribution in [3.8, 4) is 0 Å². The second-order valence-electron chi connectivity index (χ2n) is 7.72. The number of benzene rings is 3. The first-order valence-corrected chi connectivity index (χ1v) is 11.7. The molecule has 0 atom stereocenters. The summed E-state index contributed by atoms with van der Waals surface area (Å²) in [6.07, 6.45) is 3.07. The van der Waals surface area contributed by atoms with Crippen LogP contribution >= 0.6 is 0 Å². The van der Waals surface area contributed by atoms with Crippen LogP contribution in [0.5, 0.6) is 0 Å². The quantitative estimate of drug-likeness (QED) is 0.514. The van der Waals surface area contributed by atoms with Crippen LogP contribution in [-0.2, 0) is 14.8 Å². The van der Waals surface area contributed by atoms with Crippen molar-refractivity contribution in [1.82, 2.24) is 14.5 Å². The summed E-state index contributed by atoms with van der Waals surface area (Å²) < 4.78 is 28.1. The average molecular weight is 435 g/mol. The van der Waals surface area contributed by atoms with Gasteiger partial charge in [0.15, 0.2) is 0 Å². The highest BCUT2D eigenvalue weighted by atomic mass is 32.2. The molecule has 8 heteroatoms. The molecule has 0 aliphatic carbocycles. The number of amides is 1. The molecule has 1 aliphatic heterocycles. The van der Waals surface area contributed by atoms with Crippen molar-refractivity contribution in [2.24, 2.45) is 5.92 Å². The maximum Gasteiger partial charge on any atom is 0.284 e. The van der Waals surface area contributed by atoms with Crippen LogP contribution < -0.4 is 10.6 Å². The minimum Gasteiger partial charge on any atom is -0.325 e. The van der Waals surface area contributed by atoms with Gasteiger partial charge in [-0.3, -0.25) is 4.79 Å². The number of carbonyl (C=O) groups excluding carboxylic acids is 1. The van der Waals surface area contributed by atoms with Gasteiger partial charge in [-0.15, -0.1) is 0 Å². The van der Waals surface area contributed by atoms with E-state index in [1.54, 1.807) is 36.4 Å². The van der Waals surface area contributed by atoms with Gasteiger partial charge in [0, 0.05) is 16.7 Å². The zero-order valence-electron chi connectivity index (χ0n) is 16.8. The lowest BCUT2D eigenvalue weighted by atomic mass is 9.97. The first-order valence-electron chi connectivity index (χ1n) is 10.3. The molecule has 0 saturated carbocycles. The summed E-state index contributed by atoms with van der Waals surface area (Å²) in [6, 6.07) is 17.8. The first kappa shape index (κ1) is 19.7. The summed E-state index contributed by atoms with van der Waals surface area (Å²) in [4.78, 5) is 12.9. The number of carbonyl (C=O) groups is 1. The molecule has 1 amide bonds. The van der Waals surface area contributed by atoms with Crippen molar-refractivity contribution in [1.29, 1.82) is 0 Å². The molecule has 3 aromatic carbocycles. The summed E-state index contributed by atoms with van der Waals surface area (Å²) in [5, 5.41) is 12.5. The molecule has 7 nitrogen and oxygen atoms in total. The van der Waals surface area contributed by atoms with Crippen LogP contribution in [0, 0.1) is 5.92 Å². The van der Waals surface area contributed by atoms with Crippen LogP contribution in [0.25, 0.3) is 21.7 Å². The fraction of sp³-hybridized carbons (Fsp3) is 0.217. The van der Waals surface area contributed by atoms with Gasteiger partial charge in [0.1, 0.15) is 0 Å². The van der Waals surface area contributed by atoms with Gasteiger partial charge in [-0.1, -0.05) is 42.5 Å². The molecule has 1 saturated heterocycles. The average Bonchev–Trinajstić information content (AvgIpc) is 3.25. The molecule has 0 bridgehead atoms. The fourth-order valence-corrected chi connectivity index (χ4v) is 5.65. The van der Waals surface area contributed by atoms with Crippen molar-refractivity contribution < 1.29 is 13.2 Å². The Labute approximate surface area is 180 Å². The van der Waals surface area contributed by atoms with Crippen molar-refractivity contribution in [3.05, 3.63) is 66.9 Å². The topological polar surface area (TPSA) is 93.1 Å². The summed E-state index contributed by atoms with van der Waals surface area (Å²) in [5.41, 5.74) is 0.997. The molecule has 2 N–H and O–H groups in total. The second kappa shape index (κ2) is 7.79. The third-order valence-electron chi connectivity index (χ3n) is 5.80. The maximum absolute atomic E-state index is 13.5. The predicted octanol–water partition coefficient (Wildman–Crippen LogP) is 3.36. The van der Waals surface area contributed by atoms with E-state index in [4.69, 9.17) is 0 Å². The molecule has 4 aromatic rings. The normalized spacial score (nSPS) is 15.4. The summed E-state index contributed by atoms with van der Waals surface area (Å²) in [6.45, 7) is 1.65. The highest BCUT2D eigenvalue weighted by Crippen LogP contribution is 2.30. The molecule has 0 radical (unpaired) electrons. The molecule has 0 spiro atoms. The molecular formula is C23H22N4O3S. The van der Waals surface area contributed by atoms with E-state index in [1.807, 2.05) is 24.3 Å². The summed E-state index contributed by atoms with van der Waals surface area (Å²) >= 11 is 0. The number of rotatable bonds is 4. The van der Waals surface area contributed by atoms with Gasteiger partial charge in [-0.2, -0.15) is 17.6 Å². The van der Waals surface area contributed by atoms with Crippen LogP contribution in [0.2, 0.25) is 0 Å². The van der Waals surface area contributed by atoms with Crippen molar-refractivity contribution >= 4 is 43.3 Å². The Morgan fingerprint density at radius 1 is 0.968 bits per heavy atom. The number of nitrogens with zero attached hydrogens (tertiary/aromatic N) is 2. The van der Waals surface area contributed by atoms with Gasteiger partial charge in [-0.05, 0) is 49.5 Å². The Morgan fingerprint density at radius 2 is 1.71 bits per heavy atom. The number of fused-ring (bicyclic) bond motifs is 2. The highest BCUT2D eigenvalue weighted by Gasteiger charge is 2.25. The standard InChI is InChI=1S/C23H22N4O3S/c28-23(17-11-13-24-14-12-17)26-20-8-4-9-21-19(20)15-25-27(21)31(29,30)22-10-3-6-16-5-1-2-7-18(16)22/h1-10,15,17,24H,11-14H2,(H,26,28). The number of anilines is 1. The van der Waals surface area contributed by atoms with E-state index >= 15 is 0 Å². The molecule has 31 heavy (non-hydrogen) atoms. The lowest BCUT2D eigenvalue weighted by molar-refractivity contribution is -0.120. The van der Waals surface area contributed by atoms with Gasteiger partial charge in [0.2, 0.25) is 5.91 Å². The largest absolute Gasteiger partial charge is 0.325 e. The minimum atomic E-state index is -3.93. The molecule has 1 fully saturated rings. The smallest absolute Gasteiger partial charge is 0.284 e. The third-order valence-corrected chi connectivity index (χ3v) is 7.46. The van der Waals surface area contributed by atoms with E-state index in [2.05, 4.69) is 15.7 Å². The van der Waals surface area contributed by atoms with Crippen LogP contribution in [0.4, 0.5) is 5.69 Å². The van der Waals surface area contributed by atoms with Gasteiger partial charge in [0.05, 0.1) is 22.3 Å². The van der Waals surface area contributed by atoms with Crippen LogP contribution in [0.1, 0.15) is 12.8 Å². The van der Waals surface area contributed by atoms with Gasteiger partial charge in [-0.25, -0.2) is 0 Å². The van der Waals surface area contributed by atoms with Crippen molar-refractivity contribution in [2.45, 2.75) is 17.7 Å². The SMILES string of the molecule is O=C(Nc1cccc2c1cnn2S(=O)(=O)c1cccc2ccccc12)C1CCNCC1. The summed E-state index contributed by atoms with van der Waals surface area (Å²) in [7, 11) is -3.93. The van der Waals surface area contributed by atoms with Gasteiger partial charge < -0.3 is 10.6 Å². The highest BCUT2D eigenvalue weighted by molar-refractivity contribution is 7.90. The lowest BCUT2D eigenvalue weighted by Crippen LogP contribution is -2.34. The van der Waals surface area contributed by atoms with Gasteiger partial charge in [0.25, 0.3) is 10.0 Å². The molecule has 1 aromatic heterocycles. The lowest BCUT2D eigenvalue weighted by Gasteiger charge is -2.21. The minimum absolute atomic E-state index is 0.0429. The van der Waals surface area contributed by atoms with Crippen LogP contribution in [0.3, 0.4) is 0 Å². The van der Waals surface area contributed by atoms with E-state index < -0.39 is 10.0 Å². The van der Waals surface area contributed by atoms with E-state index in [-0.39, 0.29) is 16.7 Å². The van der Waals surface area contributed by atoms with Crippen molar-refractivity contribution in [2.75, 3.05) is 18.4 Å². The molecule has 5 rings (SSSR count). The Hall–Kier alpha value is -3.23. The van der Waals surface area contributed by atoms with E-state index in [0.29, 0.717) is 22.0 Å². The second-order valence-corrected chi connectivity index (χ2v) is 9.46. The maximum atomic E-state index is 13.5. The zero-order chi connectivity index (χ0) is 21.4.